The van der Waals surface area contributed by atoms with E-state index in [9.17, 15) is 4.79 Å². The molecule has 3 aliphatic rings. The maximum absolute atomic E-state index is 12.1. The van der Waals surface area contributed by atoms with Crippen LogP contribution < -0.4 is 5.32 Å². The van der Waals surface area contributed by atoms with Crippen molar-refractivity contribution in [2.24, 2.45) is 5.92 Å². The molecule has 1 amide bonds. The fourth-order valence-electron chi connectivity index (χ4n) is 3.20. The van der Waals surface area contributed by atoms with Crippen molar-refractivity contribution < 1.29 is 4.79 Å². The Morgan fingerprint density at radius 3 is 2.75 bits per heavy atom. The second kappa shape index (κ2) is 4.00. The van der Waals surface area contributed by atoms with Gasteiger partial charge in [0.2, 0.25) is 5.91 Å². The summed E-state index contributed by atoms with van der Waals surface area (Å²) in [4.78, 5) is 12.1. The Kier molecular flexibility index (Phi) is 2.64. The zero-order valence-corrected chi connectivity index (χ0v) is 9.98. The highest BCUT2D eigenvalue weighted by molar-refractivity contribution is 5.78. The largest absolute Gasteiger partial charge is 0.315 e. The molecule has 0 bridgehead atoms. The maximum atomic E-state index is 12.1. The minimum atomic E-state index is 0.341. The molecule has 2 aliphatic heterocycles. The summed E-state index contributed by atoms with van der Waals surface area (Å²) in [6.07, 6.45) is 5.73. The van der Waals surface area contributed by atoms with Gasteiger partial charge in [0.05, 0.1) is 6.04 Å². The van der Waals surface area contributed by atoms with Crippen molar-refractivity contribution in [2.75, 3.05) is 20.1 Å². The molecule has 2 heterocycles. The lowest BCUT2D eigenvalue weighted by atomic mass is 10.1. The summed E-state index contributed by atoms with van der Waals surface area (Å²) >= 11 is 0. The van der Waals surface area contributed by atoms with Gasteiger partial charge in [0.1, 0.15) is 0 Å². The average Bonchev–Trinajstić information content (AvgIpc) is 3.07. The van der Waals surface area contributed by atoms with Gasteiger partial charge in [0.15, 0.2) is 0 Å². The molecule has 0 radical (unpaired) electrons. The summed E-state index contributed by atoms with van der Waals surface area (Å²) in [7, 11) is 2.10. The minimum Gasteiger partial charge on any atom is -0.315 e. The Balaban J connectivity index is 1.70. The molecular formula is C12H21N3O. The Hall–Kier alpha value is -0.610. The van der Waals surface area contributed by atoms with Crippen LogP contribution in [0.25, 0.3) is 0 Å². The van der Waals surface area contributed by atoms with Gasteiger partial charge in [-0.1, -0.05) is 0 Å². The van der Waals surface area contributed by atoms with Crippen molar-refractivity contribution in [3.05, 3.63) is 0 Å². The van der Waals surface area contributed by atoms with Crippen LogP contribution >= 0.6 is 0 Å². The van der Waals surface area contributed by atoms with Crippen LogP contribution in [-0.2, 0) is 4.79 Å². The van der Waals surface area contributed by atoms with E-state index in [1.165, 1.54) is 19.3 Å². The molecule has 2 saturated heterocycles. The molecule has 0 spiro atoms. The summed E-state index contributed by atoms with van der Waals surface area (Å²) in [6.45, 7) is 2.07. The molecular weight excluding hydrogens is 202 g/mol. The molecule has 1 saturated carbocycles. The third-order valence-corrected chi connectivity index (χ3v) is 4.24. The molecule has 4 nitrogen and oxygen atoms in total. The number of hydrazine groups is 1. The smallest absolute Gasteiger partial charge is 0.238 e. The Bertz CT molecular complexity index is 284. The lowest BCUT2D eigenvalue weighted by Crippen LogP contribution is -2.52. The second-order valence-corrected chi connectivity index (χ2v) is 5.42. The fourth-order valence-corrected chi connectivity index (χ4v) is 3.20. The standard InChI is InChI=1S/C12H21N3O/c1-14-11(9-4-5-9)7-12(16)15(14)10-3-2-6-13-8-10/h9-11,13H,2-8H2,1H3. The molecule has 1 N–H and O–H groups in total. The molecule has 3 rings (SSSR count). The van der Waals surface area contributed by atoms with E-state index >= 15 is 0 Å². The van der Waals surface area contributed by atoms with Gasteiger partial charge in [-0.25, -0.2) is 5.01 Å². The molecule has 3 fully saturated rings. The van der Waals surface area contributed by atoms with Crippen LogP contribution in [0.2, 0.25) is 0 Å². The first-order valence-electron chi connectivity index (χ1n) is 6.53. The van der Waals surface area contributed by atoms with E-state index in [4.69, 9.17) is 0 Å². The van der Waals surface area contributed by atoms with Gasteiger partial charge in [-0.3, -0.25) is 9.80 Å². The second-order valence-electron chi connectivity index (χ2n) is 5.42. The first-order chi connectivity index (χ1) is 7.77. The SMILES string of the molecule is CN1C(C2CC2)CC(=O)N1C1CCCNC1. The zero-order valence-electron chi connectivity index (χ0n) is 9.98. The maximum Gasteiger partial charge on any atom is 0.238 e. The highest BCUT2D eigenvalue weighted by Gasteiger charge is 2.45. The van der Waals surface area contributed by atoms with E-state index in [2.05, 4.69) is 17.4 Å². The number of piperidine rings is 1. The predicted molar refractivity (Wildman–Crippen MR) is 61.6 cm³/mol. The summed E-state index contributed by atoms with van der Waals surface area (Å²) in [5, 5.41) is 7.66. The van der Waals surface area contributed by atoms with E-state index in [1.54, 1.807) is 0 Å². The van der Waals surface area contributed by atoms with Gasteiger partial charge >= 0.3 is 0 Å². The average molecular weight is 223 g/mol. The molecule has 0 aromatic carbocycles. The molecule has 2 unspecified atom stereocenters. The number of carbonyl (C=O) groups excluding carboxylic acids is 1. The number of nitrogens with one attached hydrogen (secondary N) is 1. The van der Waals surface area contributed by atoms with Gasteiger partial charge in [0, 0.05) is 26.1 Å². The summed E-state index contributed by atoms with van der Waals surface area (Å²) in [5.74, 6) is 1.13. The van der Waals surface area contributed by atoms with E-state index in [-0.39, 0.29) is 0 Å². The van der Waals surface area contributed by atoms with E-state index in [1.807, 2.05) is 5.01 Å². The third-order valence-electron chi connectivity index (χ3n) is 4.24. The quantitative estimate of drug-likeness (QED) is 0.744. The lowest BCUT2D eigenvalue weighted by Gasteiger charge is -2.37. The van der Waals surface area contributed by atoms with E-state index in [0.717, 1.165) is 31.8 Å². The van der Waals surface area contributed by atoms with Gasteiger partial charge in [0.25, 0.3) is 0 Å². The normalized spacial score (nSPS) is 37.1. The van der Waals surface area contributed by atoms with Gasteiger partial charge in [-0.15, -0.1) is 0 Å². The monoisotopic (exact) mass is 223 g/mol. The van der Waals surface area contributed by atoms with Crippen LogP contribution in [0.1, 0.15) is 32.1 Å². The van der Waals surface area contributed by atoms with E-state index in [0.29, 0.717) is 18.0 Å². The zero-order chi connectivity index (χ0) is 11.1. The van der Waals surface area contributed by atoms with Gasteiger partial charge < -0.3 is 5.32 Å². The van der Waals surface area contributed by atoms with Crippen molar-refractivity contribution in [2.45, 2.75) is 44.2 Å². The number of nitrogens with zero attached hydrogens (tertiary/aromatic N) is 2. The number of hydrogen-bond acceptors (Lipinski definition) is 3. The van der Waals surface area contributed by atoms with Crippen LogP contribution in [0, 0.1) is 5.92 Å². The van der Waals surface area contributed by atoms with Gasteiger partial charge in [-0.05, 0) is 38.1 Å². The topological polar surface area (TPSA) is 35.6 Å². The van der Waals surface area contributed by atoms with Gasteiger partial charge in [-0.2, -0.15) is 0 Å². The summed E-state index contributed by atoms with van der Waals surface area (Å²) in [5.41, 5.74) is 0. The Labute approximate surface area is 96.9 Å². The number of hydrogen-bond donors (Lipinski definition) is 1. The van der Waals surface area contributed by atoms with Crippen LogP contribution in [0.15, 0.2) is 0 Å². The Morgan fingerprint density at radius 1 is 1.31 bits per heavy atom. The molecule has 0 aromatic heterocycles. The van der Waals surface area contributed by atoms with Crippen LogP contribution in [-0.4, -0.2) is 48.1 Å². The van der Waals surface area contributed by atoms with Crippen molar-refractivity contribution in [3.63, 3.8) is 0 Å². The fraction of sp³-hybridized carbons (Fsp3) is 0.917. The summed E-state index contributed by atoms with van der Waals surface area (Å²) in [6, 6.07) is 0.893. The third kappa shape index (κ3) is 1.74. The van der Waals surface area contributed by atoms with Crippen LogP contribution in [0.4, 0.5) is 0 Å². The van der Waals surface area contributed by atoms with Crippen molar-refractivity contribution in [1.82, 2.24) is 15.3 Å². The molecule has 1 aliphatic carbocycles. The van der Waals surface area contributed by atoms with Crippen LogP contribution in [0.5, 0.6) is 0 Å². The number of rotatable bonds is 2. The molecule has 0 aromatic rings. The highest BCUT2D eigenvalue weighted by atomic mass is 16.2. The van der Waals surface area contributed by atoms with Crippen LogP contribution in [0.3, 0.4) is 0 Å². The van der Waals surface area contributed by atoms with Crippen molar-refractivity contribution in [1.29, 1.82) is 0 Å². The summed E-state index contributed by atoms with van der Waals surface area (Å²) < 4.78 is 0. The van der Waals surface area contributed by atoms with Crippen molar-refractivity contribution >= 4 is 5.91 Å². The first kappa shape index (κ1) is 10.5. The highest BCUT2D eigenvalue weighted by Crippen LogP contribution is 2.40. The molecule has 16 heavy (non-hydrogen) atoms. The molecule has 90 valence electrons. The minimum absolute atomic E-state index is 0.341. The van der Waals surface area contributed by atoms with Crippen molar-refractivity contribution in [3.8, 4) is 0 Å². The first-order valence-corrected chi connectivity index (χ1v) is 6.53. The van der Waals surface area contributed by atoms with E-state index < -0.39 is 0 Å². The Morgan fingerprint density at radius 2 is 2.12 bits per heavy atom. The molecule has 4 heteroatoms. The lowest BCUT2D eigenvalue weighted by molar-refractivity contribution is -0.142. The number of amides is 1. The predicted octanol–water partition coefficient (Wildman–Crippen LogP) is 0.596. The molecule has 2 atom stereocenters. The number of carbonyl (C=O) groups is 1.